The molecule has 0 unspecified atom stereocenters. The zero-order chi connectivity index (χ0) is 13.8. The minimum atomic E-state index is 0.656. The van der Waals surface area contributed by atoms with Crippen LogP contribution in [0.1, 0.15) is 12.8 Å². The minimum absolute atomic E-state index is 0.656. The van der Waals surface area contributed by atoms with Crippen LogP contribution < -0.4 is 10.6 Å². The highest BCUT2D eigenvalue weighted by molar-refractivity contribution is 7.80. The van der Waals surface area contributed by atoms with Crippen molar-refractivity contribution in [1.29, 1.82) is 0 Å². The van der Waals surface area contributed by atoms with Gasteiger partial charge in [0.15, 0.2) is 5.11 Å². The molecule has 0 aliphatic rings. The summed E-state index contributed by atoms with van der Waals surface area (Å²) in [5, 5.41) is 6.97. The highest BCUT2D eigenvalue weighted by Crippen LogP contribution is 2.04. The zero-order valence-corrected chi connectivity index (χ0v) is 12.2. The van der Waals surface area contributed by atoms with Crippen molar-refractivity contribution in [3.63, 3.8) is 0 Å². The Balaban J connectivity index is 1.96. The van der Waals surface area contributed by atoms with Crippen LogP contribution in [-0.4, -0.2) is 38.6 Å². The molecule has 1 rings (SSSR count). The van der Waals surface area contributed by atoms with Gasteiger partial charge in [0.2, 0.25) is 0 Å². The Morgan fingerprint density at radius 3 is 2.63 bits per heavy atom. The Kier molecular flexibility index (Phi) is 8.97. The molecule has 0 radical (unpaired) electrons. The Labute approximate surface area is 120 Å². The second kappa shape index (κ2) is 10.7. The van der Waals surface area contributed by atoms with Crippen LogP contribution in [0.4, 0.5) is 5.69 Å². The first-order valence-electron chi connectivity index (χ1n) is 6.49. The van der Waals surface area contributed by atoms with Crippen molar-refractivity contribution < 1.29 is 9.47 Å². The van der Waals surface area contributed by atoms with Crippen LogP contribution in [0.3, 0.4) is 0 Å². The highest BCUT2D eigenvalue weighted by Gasteiger charge is 1.96. The molecule has 0 atom stereocenters. The van der Waals surface area contributed by atoms with Gasteiger partial charge >= 0.3 is 0 Å². The number of hydrogen-bond acceptors (Lipinski definition) is 3. The molecule has 5 heteroatoms. The van der Waals surface area contributed by atoms with Gasteiger partial charge in [0.25, 0.3) is 0 Å². The van der Waals surface area contributed by atoms with Crippen molar-refractivity contribution in [3.05, 3.63) is 30.3 Å². The topological polar surface area (TPSA) is 42.5 Å². The SMILES string of the molecule is COCCOCCCCNC(=S)Nc1ccccc1. The molecular weight excluding hydrogens is 260 g/mol. The fourth-order valence-corrected chi connectivity index (χ4v) is 1.69. The summed E-state index contributed by atoms with van der Waals surface area (Å²) in [6.07, 6.45) is 2.05. The Morgan fingerprint density at radius 1 is 1.11 bits per heavy atom. The maximum absolute atomic E-state index is 5.38. The lowest BCUT2D eigenvalue weighted by Gasteiger charge is -2.10. The number of unbranched alkanes of at least 4 members (excludes halogenated alkanes) is 1. The number of anilines is 1. The van der Waals surface area contributed by atoms with Crippen LogP contribution in [-0.2, 0) is 9.47 Å². The van der Waals surface area contributed by atoms with Gasteiger partial charge in [-0.05, 0) is 37.2 Å². The van der Waals surface area contributed by atoms with Crippen LogP contribution in [0, 0.1) is 0 Å². The molecule has 106 valence electrons. The predicted molar refractivity (Wildman–Crippen MR) is 82.6 cm³/mol. The van der Waals surface area contributed by atoms with Crippen LogP contribution in [0.25, 0.3) is 0 Å². The molecule has 0 saturated heterocycles. The van der Waals surface area contributed by atoms with Crippen LogP contribution in [0.2, 0.25) is 0 Å². The lowest BCUT2D eigenvalue weighted by atomic mass is 10.3. The average Bonchev–Trinajstić information content (AvgIpc) is 2.43. The average molecular weight is 282 g/mol. The maximum Gasteiger partial charge on any atom is 0.170 e. The van der Waals surface area contributed by atoms with Crippen molar-refractivity contribution in [2.45, 2.75) is 12.8 Å². The third-order valence-corrected chi connectivity index (χ3v) is 2.71. The molecule has 19 heavy (non-hydrogen) atoms. The van der Waals surface area contributed by atoms with Gasteiger partial charge in [0, 0.05) is 25.9 Å². The minimum Gasteiger partial charge on any atom is -0.382 e. The Hall–Kier alpha value is -1.17. The second-order valence-electron chi connectivity index (χ2n) is 4.06. The molecule has 0 spiro atoms. The monoisotopic (exact) mass is 282 g/mol. The largest absolute Gasteiger partial charge is 0.382 e. The zero-order valence-electron chi connectivity index (χ0n) is 11.4. The number of thiocarbonyl (C=S) groups is 1. The number of ether oxygens (including phenoxy) is 2. The summed E-state index contributed by atoms with van der Waals surface area (Å²) in [5.41, 5.74) is 1.00. The summed E-state index contributed by atoms with van der Waals surface area (Å²) in [6.45, 7) is 2.94. The standard InChI is InChI=1S/C14H22N2O2S/c1-17-11-12-18-10-6-5-9-15-14(19)16-13-7-3-2-4-8-13/h2-4,7-8H,5-6,9-12H2,1H3,(H2,15,16,19). The van der Waals surface area contributed by atoms with E-state index in [1.807, 2.05) is 30.3 Å². The van der Waals surface area contributed by atoms with Gasteiger partial charge in [-0.25, -0.2) is 0 Å². The maximum atomic E-state index is 5.38. The Bertz CT molecular complexity index is 347. The van der Waals surface area contributed by atoms with Gasteiger partial charge < -0.3 is 20.1 Å². The van der Waals surface area contributed by atoms with E-state index in [4.69, 9.17) is 21.7 Å². The first-order valence-corrected chi connectivity index (χ1v) is 6.90. The van der Waals surface area contributed by atoms with E-state index in [2.05, 4.69) is 10.6 Å². The first kappa shape index (κ1) is 15.9. The third-order valence-electron chi connectivity index (χ3n) is 2.46. The molecule has 0 fully saturated rings. The smallest absolute Gasteiger partial charge is 0.170 e. The number of rotatable bonds is 9. The van der Waals surface area contributed by atoms with E-state index in [9.17, 15) is 0 Å². The van der Waals surface area contributed by atoms with E-state index in [0.717, 1.165) is 31.7 Å². The summed E-state index contributed by atoms with van der Waals surface area (Å²) in [5.74, 6) is 0. The van der Waals surface area contributed by atoms with Crippen molar-refractivity contribution in [1.82, 2.24) is 5.32 Å². The predicted octanol–water partition coefficient (Wildman–Crippen LogP) is 2.42. The molecule has 1 aromatic carbocycles. The van der Waals surface area contributed by atoms with Gasteiger partial charge in [0.05, 0.1) is 13.2 Å². The summed E-state index contributed by atoms with van der Waals surface area (Å²) in [4.78, 5) is 0. The Morgan fingerprint density at radius 2 is 1.89 bits per heavy atom. The molecular formula is C14H22N2O2S. The second-order valence-corrected chi connectivity index (χ2v) is 4.47. The highest BCUT2D eigenvalue weighted by atomic mass is 32.1. The van der Waals surface area contributed by atoms with Crippen molar-refractivity contribution in [2.24, 2.45) is 0 Å². The van der Waals surface area contributed by atoms with Crippen LogP contribution in [0.15, 0.2) is 30.3 Å². The lowest BCUT2D eigenvalue weighted by molar-refractivity contribution is 0.0689. The van der Waals surface area contributed by atoms with Gasteiger partial charge in [-0.15, -0.1) is 0 Å². The number of hydrogen-bond donors (Lipinski definition) is 2. The molecule has 0 saturated carbocycles. The van der Waals surface area contributed by atoms with Gasteiger partial charge in [-0.2, -0.15) is 0 Å². The van der Waals surface area contributed by atoms with E-state index < -0.39 is 0 Å². The molecule has 0 heterocycles. The number of methoxy groups -OCH3 is 1. The van der Waals surface area contributed by atoms with E-state index in [-0.39, 0.29) is 0 Å². The summed E-state index contributed by atoms with van der Waals surface area (Å²) in [6, 6.07) is 9.89. The van der Waals surface area contributed by atoms with Gasteiger partial charge in [-0.1, -0.05) is 18.2 Å². The number of benzene rings is 1. The molecule has 2 N–H and O–H groups in total. The molecule has 0 aliphatic heterocycles. The van der Waals surface area contributed by atoms with E-state index >= 15 is 0 Å². The van der Waals surface area contributed by atoms with E-state index in [1.165, 1.54) is 0 Å². The van der Waals surface area contributed by atoms with Crippen LogP contribution in [0.5, 0.6) is 0 Å². The summed E-state index contributed by atoms with van der Waals surface area (Å²) in [7, 11) is 1.67. The fourth-order valence-electron chi connectivity index (χ4n) is 1.47. The van der Waals surface area contributed by atoms with Gasteiger partial charge in [-0.3, -0.25) is 0 Å². The molecule has 0 aliphatic carbocycles. The fraction of sp³-hybridized carbons (Fsp3) is 0.500. The quantitative estimate of drug-likeness (QED) is 0.538. The van der Waals surface area contributed by atoms with Crippen LogP contribution >= 0.6 is 12.2 Å². The molecule has 1 aromatic rings. The summed E-state index contributed by atoms with van der Waals surface area (Å²) >= 11 is 5.20. The molecule has 0 amide bonds. The molecule has 4 nitrogen and oxygen atoms in total. The van der Waals surface area contributed by atoms with E-state index in [1.54, 1.807) is 7.11 Å². The van der Waals surface area contributed by atoms with E-state index in [0.29, 0.717) is 18.3 Å². The van der Waals surface area contributed by atoms with Crippen molar-refractivity contribution >= 4 is 23.0 Å². The molecule has 0 aromatic heterocycles. The van der Waals surface area contributed by atoms with Crippen molar-refractivity contribution in [2.75, 3.05) is 38.8 Å². The first-order chi connectivity index (χ1) is 9.33. The third kappa shape index (κ3) is 8.53. The number of para-hydroxylation sites is 1. The molecule has 0 bridgehead atoms. The lowest BCUT2D eigenvalue weighted by Crippen LogP contribution is -2.29. The number of nitrogens with one attached hydrogen (secondary N) is 2. The van der Waals surface area contributed by atoms with Crippen molar-refractivity contribution in [3.8, 4) is 0 Å². The summed E-state index contributed by atoms with van der Waals surface area (Å²) < 4.78 is 10.3. The normalized spacial score (nSPS) is 10.2. The van der Waals surface area contributed by atoms with Gasteiger partial charge in [0.1, 0.15) is 0 Å².